The Morgan fingerprint density at radius 2 is 1.89 bits per heavy atom. The Kier molecular flexibility index (Phi) is 8.52. The minimum absolute atomic E-state index is 0.727. The van der Waals surface area contributed by atoms with Gasteiger partial charge < -0.3 is 11.1 Å². The summed E-state index contributed by atoms with van der Waals surface area (Å²) in [6.45, 7) is 7.39. The molecule has 19 heavy (non-hydrogen) atoms. The predicted octanol–water partition coefficient (Wildman–Crippen LogP) is 3.49. The number of benzene rings is 1. The van der Waals surface area contributed by atoms with E-state index in [4.69, 9.17) is 5.73 Å². The van der Waals surface area contributed by atoms with E-state index in [1.165, 1.54) is 36.8 Å². The molecule has 0 heterocycles. The van der Waals surface area contributed by atoms with Gasteiger partial charge in [-0.25, -0.2) is 0 Å². The molecule has 1 unspecified atom stereocenters. The van der Waals surface area contributed by atoms with Gasteiger partial charge in [-0.2, -0.15) is 0 Å². The summed E-state index contributed by atoms with van der Waals surface area (Å²) in [6.07, 6.45) is 6.26. The SMILES string of the molecule is CCCCC(CC)CNCc1ccccc1CCN. The molecule has 2 nitrogen and oxygen atoms in total. The maximum atomic E-state index is 5.66. The van der Waals surface area contributed by atoms with Gasteiger partial charge in [0.25, 0.3) is 0 Å². The molecular formula is C17H30N2. The van der Waals surface area contributed by atoms with Crippen LogP contribution in [0.5, 0.6) is 0 Å². The van der Waals surface area contributed by atoms with Crippen molar-refractivity contribution in [2.24, 2.45) is 11.7 Å². The largest absolute Gasteiger partial charge is 0.330 e. The molecule has 0 aliphatic rings. The summed E-state index contributed by atoms with van der Waals surface area (Å²) in [4.78, 5) is 0. The van der Waals surface area contributed by atoms with Crippen molar-refractivity contribution in [2.45, 2.75) is 52.5 Å². The van der Waals surface area contributed by atoms with Crippen LogP contribution in [0.3, 0.4) is 0 Å². The summed E-state index contributed by atoms with van der Waals surface area (Å²) < 4.78 is 0. The summed E-state index contributed by atoms with van der Waals surface area (Å²) in [5.74, 6) is 0.821. The van der Waals surface area contributed by atoms with Gasteiger partial charge in [0.2, 0.25) is 0 Å². The maximum absolute atomic E-state index is 5.66. The van der Waals surface area contributed by atoms with Gasteiger partial charge in [0.05, 0.1) is 0 Å². The minimum Gasteiger partial charge on any atom is -0.330 e. The zero-order valence-electron chi connectivity index (χ0n) is 12.6. The normalized spacial score (nSPS) is 12.6. The molecule has 0 spiro atoms. The maximum Gasteiger partial charge on any atom is 0.0208 e. The van der Waals surface area contributed by atoms with E-state index in [1.54, 1.807) is 0 Å². The fourth-order valence-electron chi connectivity index (χ4n) is 2.48. The van der Waals surface area contributed by atoms with Gasteiger partial charge >= 0.3 is 0 Å². The quantitative estimate of drug-likeness (QED) is 0.677. The van der Waals surface area contributed by atoms with E-state index in [0.717, 1.165) is 32.0 Å². The Morgan fingerprint density at radius 1 is 1.16 bits per heavy atom. The van der Waals surface area contributed by atoms with E-state index < -0.39 is 0 Å². The molecule has 0 radical (unpaired) electrons. The number of nitrogens with two attached hydrogens (primary N) is 1. The summed E-state index contributed by atoms with van der Waals surface area (Å²) in [5, 5.41) is 3.62. The third kappa shape index (κ3) is 6.22. The Hall–Kier alpha value is -0.860. The lowest BCUT2D eigenvalue weighted by molar-refractivity contribution is 0.419. The Morgan fingerprint density at radius 3 is 2.53 bits per heavy atom. The third-order valence-corrected chi connectivity index (χ3v) is 3.82. The van der Waals surface area contributed by atoms with Crippen molar-refractivity contribution in [2.75, 3.05) is 13.1 Å². The molecule has 0 bridgehead atoms. The van der Waals surface area contributed by atoms with Crippen LogP contribution in [0.4, 0.5) is 0 Å². The highest BCUT2D eigenvalue weighted by atomic mass is 14.9. The molecule has 3 N–H and O–H groups in total. The van der Waals surface area contributed by atoms with Crippen LogP contribution in [-0.2, 0) is 13.0 Å². The Bertz CT molecular complexity index is 336. The molecule has 108 valence electrons. The summed E-state index contributed by atoms with van der Waals surface area (Å²) in [7, 11) is 0. The number of hydrogen-bond donors (Lipinski definition) is 2. The second kappa shape index (κ2) is 9.99. The zero-order valence-corrected chi connectivity index (χ0v) is 12.6. The van der Waals surface area contributed by atoms with Gasteiger partial charge in [-0.05, 0) is 43.0 Å². The van der Waals surface area contributed by atoms with Crippen LogP contribution in [0, 0.1) is 5.92 Å². The van der Waals surface area contributed by atoms with E-state index in [1.807, 2.05) is 0 Å². The van der Waals surface area contributed by atoms with Gasteiger partial charge in [0, 0.05) is 6.54 Å². The summed E-state index contributed by atoms with van der Waals surface area (Å²) in [6, 6.07) is 8.62. The third-order valence-electron chi connectivity index (χ3n) is 3.82. The molecule has 1 aromatic carbocycles. The van der Waals surface area contributed by atoms with E-state index in [0.29, 0.717) is 0 Å². The molecule has 0 fully saturated rings. The standard InChI is InChI=1S/C17H30N2/c1-3-5-8-15(4-2)13-19-14-17-10-7-6-9-16(17)11-12-18/h6-7,9-10,15,19H,3-5,8,11-14,18H2,1-2H3. The van der Waals surface area contributed by atoms with Crippen molar-refractivity contribution in [3.05, 3.63) is 35.4 Å². The Balaban J connectivity index is 2.39. The van der Waals surface area contributed by atoms with Crippen molar-refractivity contribution in [1.29, 1.82) is 0 Å². The smallest absolute Gasteiger partial charge is 0.0208 e. The lowest BCUT2D eigenvalue weighted by atomic mass is 9.99. The fraction of sp³-hybridized carbons (Fsp3) is 0.647. The first-order valence-electron chi connectivity index (χ1n) is 7.79. The van der Waals surface area contributed by atoms with Crippen LogP contribution in [0.1, 0.15) is 50.7 Å². The van der Waals surface area contributed by atoms with Crippen molar-refractivity contribution >= 4 is 0 Å². The molecular weight excluding hydrogens is 232 g/mol. The highest BCUT2D eigenvalue weighted by Gasteiger charge is 2.06. The van der Waals surface area contributed by atoms with E-state index in [9.17, 15) is 0 Å². The van der Waals surface area contributed by atoms with Gasteiger partial charge in [-0.1, -0.05) is 57.4 Å². The number of nitrogens with one attached hydrogen (secondary N) is 1. The molecule has 0 saturated heterocycles. The zero-order chi connectivity index (χ0) is 13.9. The molecule has 1 aromatic rings. The van der Waals surface area contributed by atoms with Crippen molar-refractivity contribution in [3.8, 4) is 0 Å². The van der Waals surface area contributed by atoms with Crippen molar-refractivity contribution in [1.82, 2.24) is 5.32 Å². The highest BCUT2D eigenvalue weighted by molar-refractivity contribution is 5.27. The van der Waals surface area contributed by atoms with Crippen molar-refractivity contribution < 1.29 is 0 Å². The molecule has 0 aliphatic heterocycles. The first kappa shape index (κ1) is 16.2. The number of rotatable bonds is 10. The summed E-state index contributed by atoms with van der Waals surface area (Å²) in [5.41, 5.74) is 8.45. The van der Waals surface area contributed by atoms with Gasteiger partial charge in [0.15, 0.2) is 0 Å². The molecule has 0 saturated carbocycles. The lowest BCUT2D eigenvalue weighted by Crippen LogP contribution is -2.23. The van der Waals surface area contributed by atoms with Gasteiger partial charge in [-0.3, -0.25) is 0 Å². The second-order valence-electron chi connectivity index (χ2n) is 5.35. The van der Waals surface area contributed by atoms with E-state index in [2.05, 4.69) is 43.4 Å². The number of hydrogen-bond acceptors (Lipinski definition) is 2. The monoisotopic (exact) mass is 262 g/mol. The second-order valence-corrected chi connectivity index (χ2v) is 5.35. The highest BCUT2D eigenvalue weighted by Crippen LogP contribution is 2.13. The van der Waals surface area contributed by atoms with Gasteiger partial charge in [-0.15, -0.1) is 0 Å². The average Bonchev–Trinajstić information content (AvgIpc) is 2.44. The molecule has 1 rings (SSSR count). The lowest BCUT2D eigenvalue weighted by Gasteiger charge is -2.16. The van der Waals surface area contributed by atoms with Crippen LogP contribution in [0.25, 0.3) is 0 Å². The topological polar surface area (TPSA) is 38.0 Å². The minimum atomic E-state index is 0.727. The van der Waals surface area contributed by atoms with Crippen LogP contribution < -0.4 is 11.1 Å². The van der Waals surface area contributed by atoms with E-state index in [-0.39, 0.29) is 0 Å². The van der Waals surface area contributed by atoms with Crippen LogP contribution >= 0.6 is 0 Å². The average molecular weight is 262 g/mol. The first-order chi connectivity index (χ1) is 9.31. The van der Waals surface area contributed by atoms with Crippen LogP contribution in [-0.4, -0.2) is 13.1 Å². The molecule has 0 aliphatic carbocycles. The van der Waals surface area contributed by atoms with Crippen molar-refractivity contribution in [3.63, 3.8) is 0 Å². The fourth-order valence-corrected chi connectivity index (χ4v) is 2.48. The van der Waals surface area contributed by atoms with Gasteiger partial charge in [0.1, 0.15) is 0 Å². The molecule has 0 aromatic heterocycles. The molecule has 0 amide bonds. The summed E-state index contributed by atoms with van der Waals surface area (Å²) >= 11 is 0. The first-order valence-corrected chi connectivity index (χ1v) is 7.79. The number of unbranched alkanes of at least 4 members (excludes halogenated alkanes) is 1. The Labute approximate surface area is 118 Å². The molecule has 1 atom stereocenters. The molecule has 2 heteroatoms. The van der Waals surface area contributed by atoms with Crippen LogP contribution in [0.2, 0.25) is 0 Å². The van der Waals surface area contributed by atoms with E-state index >= 15 is 0 Å². The predicted molar refractivity (Wildman–Crippen MR) is 84.2 cm³/mol. The van der Waals surface area contributed by atoms with Crippen LogP contribution in [0.15, 0.2) is 24.3 Å².